The first-order valence-corrected chi connectivity index (χ1v) is 7.00. The molecule has 0 aromatic rings. The quantitative estimate of drug-likeness (QED) is 0.777. The van der Waals surface area contributed by atoms with Crippen molar-refractivity contribution in [3.63, 3.8) is 0 Å². The van der Waals surface area contributed by atoms with Gasteiger partial charge in [-0.2, -0.15) is 0 Å². The summed E-state index contributed by atoms with van der Waals surface area (Å²) in [5.74, 6) is -0.0289. The van der Waals surface area contributed by atoms with Crippen LogP contribution < -0.4 is 0 Å². The minimum absolute atomic E-state index is 0.483. The third kappa shape index (κ3) is 3.70. The second kappa shape index (κ2) is 6.39. The smallest absolute Gasteiger partial charge is 0.310 e. The molecular formula is C14H27NO2. The lowest BCUT2D eigenvalue weighted by atomic mass is 9.69. The molecule has 0 spiro atoms. The third-order valence-corrected chi connectivity index (χ3v) is 4.06. The van der Waals surface area contributed by atoms with Gasteiger partial charge in [-0.3, -0.25) is 4.79 Å². The predicted molar refractivity (Wildman–Crippen MR) is 70.1 cm³/mol. The largest absolute Gasteiger partial charge is 0.481 e. The van der Waals surface area contributed by atoms with Gasteiger partial charge in [-0.25, -0.2) is 0 Å². The van der Waals surface area contributed by atoms with Gasteiger partial charge in [0.1, 0.15) is 0 Å². The van der Waals surface area contributed by atoms with Crippen LogP contribution in [-0.2, 0) is 4.79 Å². The molecule has 1 aliphatic carbocycles. The summed E-state index contributed by atoms with van der Waals surface area (Å²) >= 11 is 0. The van der Waals surface area contributed by atoms with Gasteiger partial charge in [0.25, 0.3) is 0 Å². The van der Waals surface area contributed by atoms with Crippen molar-refractivity contribution in [3.8, 4) is 0 Å². The second-order valence-corrected chi connectivity index (χ2v) is 5.66. The Labute approximate surface area is 105 Å². The van der Waals surface area contributed by atoms with E-state index in [-0.39, 0.29) is 0 Å². The summed E-state index contributed by atoms with van der Waals surface area (Å²) in [6.45, 7) is 9.16. The van der Waals surface area contributed by atoms with E-state index < -0.39 is 11.4 Å². The van der Waals surface area contributed by atoms with Crippen molar-refractivity contribution in [2.45, 2.75) is 52.9 Å². The first kappa shape index (κ1) is 14.5. The van der Waals surface area contributed by atoms with Gasteiger partial charge in [0.15, 0.2) is 0 Å². The predicted octanol–water partition coefficient (Wildman–Crippen LogP) is 3.00. The number of nitrogens with zero attached hydrogens (tertiary/aromatic N) is 1. The summed E-state index contributed by atoms with van der Waals surface area (Å²) in [7, 11) is 0. The summed E-state index contributed by atoms with van der Waals surface area (Å²) in [5.41, 5.74) is -0.483. The molecule has 0 amide bonds. The molecule has 1 N–H and O–H groups in total. The third-order valence-electron chi connectivity index (χ3n) is 4.06. The first-order chi connectivity index (χ1) is 8.04. The lowest BCUT2D eigenvalue weighted by Crippen LogP contribution is -2.46. The van der Waals surface area contributed by atoms with E-state index in [0.717, 1.165) is 45.3 Å². The van der Waals surface area contributed by atoms with E-state index in [4.69, 9.17) is 0 Å². The van der Waals surface area contributed by atoms with Gasteiger partial charge in [-0.15, -0.1) is 0 Å². The molecule has 2 unspecified atom stereocenters. The SMILES string of the molecule is CCCN(CC)CC1(C(=O)O)CCCC(C)C1. The van der Waals surface area contributed by atoms with Crippen molar-refractivity contribution >= 4 is 5.97 Å². The van der Waals surface area contributed by atoms with Crippen LogP contribution in [0.1, 0.15) is 52.9 Å². The Kier molecular flexibility index (Phi) is 5.44. The lowest BCUT2D eigenvalue weighted by molar-refractivity contribution is -0.153. The highest BCUT2D eigenvalue weighted by Crippen LogP contribution is 2.40. The molecule has 0 aromatic carbocycles. The number of rotatable bonds is 6. The van der Waals surface area contributed by atoms with Gasteiger partial charge < -0.3 is 10.0 Å². The van der Waals surface area contributed by atoms with Crippen molar-refractivity contribution in [3.05, 3.63) is 0 Å². The molecule has 0 heterocycles. The van der Waals surface area contributed by atoms with E-state index in [9.17, 15) is 9.90 Å². The molecule has 0 bridgehead atoms. The molecule has 1 fully saturated rings. The van der Waals surface area contributed by atoms with E-state index in [1.165, 1.54) is 6.42 Å². The Morgan fingerprint density at radius 2 is 2.18 bits per heavy atom. The number of carboxylic acid groups (broad SMARTS) is 1. The Morgan fingerprint density at radius 3 is 2.65 bits per heavy atom. The Morgan fingerprint density at radius 1 is 1.47 bits per heavy atom. The zero-order chi connectivity index (χ0) is 12.9. The standard InChI is InChI=1S/C14H27NO2/c1-4-9-15(5-2)11-14(13(16)17)8-6-7-12(3)10-14/h12H,4-11H2,1-3H3,(H,16,17). The van der Waals surface area contributed by atoms with Crippen LogP contribution in [0.15, 0.2) is 0 Å². The van der Waals surface area contributed by atoms with E-state index in [2.05, 4.69) is 25.7 Å². The summed E-state index contributed by atoms with van der Waals surface area (Å²) in [4.78, 5) is 13.9. The minimum atomic E-state index is -0.585. The van der Waals surface area contributed by atoms with Crippen LogP contribution in [0.25, 0.3) is 0 Å². The van der Waals surface area contributed by atoms with Crippen molar-refractivity contribution < 1.29 is 9.90 Å². The van der Waals surface area contributed by atoms with Crippen LogP contribution in [0.4, 0.5) is 0 Å². The van der Waals surface area contributed by atoms with Crippen molar-refractivity contribution in [2.75, 3.05) is 19.6 Å². The number of hydrogen-bond donors (Lipinski definition) is 1. The maximum Gasteiger partial charge on any atom is 0.310 e. The van der Waals surface area contributed by atoms with E-state index in [0.29, 0.717) is 5.92 Å². The number of aliphatic carboxylic acids is 1. The molecular weight excluding hydrogens is 214 g/mol. The molecule has 3 heteroatoms. The monoisotopic (exact) mass is 241 g/mol. The highest BCUT2D eigenvalue weighted by Gasteiger charge is 2.42. The van der Waals surface area contributed by atoms with Gasteiger partial charge in [-0.05, 0) is 38.3 Å². The summed E-state index contributed by atoms with van der Waals surface area (Å²) in [6.07, 6.45) is 5.06. The van der Waals surface area contributed by atoms with Gasteiger partial charge in [-0.1, -0.05) is 33.6 Å². The summed E-state index contributed by atoms with van der Waals surface area (Å²) < 4.78 is 0. The molecule has 100 valence electrons. The van der Waals surface area contributed by atoms with Crippen LogP contribution in [0.3, 0.4) is 0 Å². The van der Waals surface area contributed by atoms with Gasteiger partial charge in [0.05, 0.1) is 5.41 Å². The van der Waals surface area contributed by atoms with Crippen molar-refractivity contribution in [1.82, 2.24) is 4.90 Å². The molecule has 1 rings (SSSR count). The fraction of sp³-hybridized carbons (Fsp3) is 0.929. The minimum Gasteiger partial charge on any atom is -0.481 e. The van der Waals surface area contributed by atoms with Crippen molar-refractivity contribution in [2.24, 2.45) is 11.3 Å². The van der Waals surface area contributed by atoms with E-state index in [1.807, 2.05) is 0 Å². The van der Waals surface area contributed by atoms with Gasteiger partial charge in [0, 0.05) is 6.54 Å². The van der Waals surface area contributed by atoms with E-state index in [1.54, 1.807) is 0 Å². The fourth-order valence-electron chi connectivity index (χ4n) is 3.16. The Balaban J connectivity index is 2.73. The molecule has 0 aliphatic heterocycles. The Bertz CT molecular complexity index is 255. The summed E-state index contributed by atoms with van der Waals surface area (Å²) in [6, 6.07) is 0. The number of hydrogen-bond acceptors (Lipinski definition) is 2. The molecule has 17 heavy (non-hydrogen) atoms. The topological polar surface area (TPSA) is 40.5 Å². The summed E-state index contributed by atoms with van der Waals surface area (Å²) in [5, 5.41) is 9.59. The van der Waals surface area contributed by atoms with Crippen LogP contribution in [0.2, 0.25) is 0 Å². The van der Waals surface area contributed by atoms with Crippen LogP contribution in [-0.4, -0.2) is 35.6 Å². The van der Waals surface area contributed by atoms with Crippen LogP contribution in [0.5, 0.6) is 0 Å². The average molecular weight is 241 g/mol. The maximum absolute atomic E-state index is 11.7. The molecule has 3 nitrogen and oxygen atoms in total. The molecule has 2 atom stereocenters. The normalized spacial score (nSPS) is 29.5. The van der Waals surface area contributed by atoms with Crippen LogP contribution in [0, 0.1) is 11.3 Å². The molecule has 0 radical (unpaired) electrons. The molecule has 1 aliphatic rings. The first-order valence-electron chi connectivity index (χ1n) is 7.00. The second-order valence-electron chi connectivity index (χ2n) is 5.66. The van der Waals surface area contributed by atoms with Crippen LogP contribution >= 0.6 is 0 Å². The number of carboxylic acids is 1. The lowest BCUT2D eigenvalue weighted by Gasteiger charge is -2.39. The Hall–Kier alpha value is -0.570. The number of carbonyl (C=O) groups is 1. The average Bonchev–Trinajstić information content (AvgIpc) is 2.28. The zero-order valence-corrected chi connectivity index (χ0v) is 11.5. The maximum atomic E-state index is 11.7. The van der Waals surface area contributed by atoms with Gasteiger partial charge in [0.2, 0.25) is 0 Å². The van der Waals surface area contributed by atoms with E-state index >= 15 is 0 Å². The highest BCUT2D eigenvalue weighted by molar-refractivity contribution is 5.75. The molecule has 0 saturated heterocycles. The van der Waals surface area contributed by atoms with Crippen molar-refractivity contribution in [1.29, 1.82) is 0 Å². The zero-order valence-electron chi connectivity index (χ0n) is 11.5. The fourth-order valence-corrected chi connectivity index (χ4v) is 3.16. The highest BCUT2D eigenvalue weighted by atomic mass is 16.4. The molecule has 1 saturated carbocycles. The van der Waals surface area contributed by atoms with Gasteiger partial charge >= 0.3 is 5.97 Å². The molecule has 0 aromatic heterocycles.